The summed E-state index contributed by atoms with van der Waals surface area (Å²) in [6.07, 6.45) is 0.681. The van der Waals surface area contributed by atoms with E-state index < -0.39 is 10.0 Å². The highest BCUT2D eigenvalue weighted by molar-refractivity contribution is 9.10. The molecule has 0 radical (unpaired) electrons. The van der Waals surface area contributed by atoms with Crippen molar-refractivity contribution in [2.24, 2.45) is 0 Å². The molecule has 5 nitrogen and oxygen atoms in total. The molecule has 34 heavy (non-hydrogen) atoms. The largest absolute Gasteiger partial charge is 0.308 e. The molecule has 10 heteroatoms. The second kappa shape index (κ2) is 10.2. The van der Waals surface area contributed by atoms with E-state index in [1.807, 2.05) is 25.1 Å². The monoisotopic (exact) mass is 600 g/mol. The van der Waals surface area contributed by atoms with Gasteiger partial charge in [0.05, 0.1) is 11.4 Å². The Balaban J connectivity index is 1.71. The maximum absolute atomic E-state index is 13.6. The lowest BCUT2D eigenvalue weighted by atomic mass is 10.1. The zero-order valence-electron chi connectivity index (χ0n) is 18.0. The number of nitrogens with zero attached hydrogens (tertiary/aromatic N) is 2. The maximum atomic E-state index is 13.6. The normalized spacial score (nSPS) is 15.6. The van der Waals surface area contributed by atoms with Crippen molar-refractivity contribution < 1.29 is 13.2 Å². The number of halogens is 4. The van der Waals surface area contributed by atoms with Gasteiger partial charge < -0.3 is 4.90 Å². The summed E-state index contributed by atoms with van der Waals surface area (Å²) in [5.74, 6) is -0.339. The Labute approximate surface area is 222 Å². The van der Waals surface area contributed by atoms with Crippen molar-refractivity contribution in [1.82, 2.24) is 4.31 Å². The number of rotatable bonds is 6. The summed E-state index contributed by atoms with van der Waals surface area (Å²) in [6.45, 7) is 1.39. The third-order valence-electron chi connectivity index (χ3n) is 5.69. The number of carbonyl (C=O) groups is 1. The summed E-state index contributed by atoms with van der Waals surface area (Å²) in [5.41, 5.74) is 2.23. The second-order valence-electron chi connectivity index (χ2n) is 8.02. The first-order valence-corrected chi connectivity index (χ1v) is 13.7. The van der Waals surface area contributed by atoms with E-state index in [9.17, 15) is 13.2 Å². The van der Waals surface area contributed by atoms with Crippen molar-refractivity contribution >= 4 is 72.4 Å². The summed E-state index contributed by atoms with van der Waals surface area (Å²) < 4.78 is 29.3. The van der Waals surface area contributed by atoms with E-state index >= 15 is 0 Å². The zero-order valence-corrected chi connectivity index (χ0v) is 22.7. The molecule has 1 aliphatic rings. The highest BCUT2D eigenvalue weighted by atomic mass is 79.9. The minimum absolute atomic E-state index is 0.0201. The summed E-state index contributed by atoms with van der Waals surface area (Å²) in [6, 6.07) is 16.4. The molecular formula is C24H20BrCl3N2O3S. The van der Waals surface area contributed by atoms with Gasteiger partial charge in [0.25, 0.3) is 0 Å². The van der Waals surface area contributed by atoms with Crippen molar-refractivity contribution in [3.8, 4) is 0 Å². The van der Waals surface area contributed by atoms with E-state index in [1.165, 1.54) is 24.3 Å². The lowest BCUT2D eigenvalue weighted by molar-refractivity contribution is -0.119. The first-order chi connectivity index (χ1) is 16.1. The van der Waals surface area contributed by atoms with Crippen LogP contribution in [0.4, 0.5) is 5.69 Å². The van der Waals surface area contributed by atoms with Crippen molar-refractivity contribution in [2.45, 2.75) is 30.8 Å². The number of hydrogen-bond acceptors (Lipinski definition) is 3. The van der Waals surface area contributed by atoms with Crippen molar-refractivity contribution in [1.29, 1.82) is 0 Å². The van der Waals surface area contributed by atoms with Crippen molar-refractivity contribution in [3.05, 3.63) is 91.3 Å². The first kappa shape index (κ1) is 25.5. The van der Waals surface area contributed by atoms with Crippen LogP contribution in [-0.4, -0.2) is 31.2 Å². The fraction of sp³-hybridized carbons (Fsp3) is 0.208. The Bertz CT molecular complexity index is 1330. The maximum Gasteiger partial charge on any atom is 0.243 e. The number of carbonyl (C=O) groups excluding carboxylic acids is 1. The molecular weight excluding hydrogens is 583 g/mol. The van der Waals surface area contributed by atoms with Crippen LogP contribution < -0.4 is 4.90 Å². The minimum atomic E-state index is -4.07. The van der Waals surface area contributed by atoms with Crippen molar-refractivity contribution in [2.75, 3.05) is 11.4 Å². The fourth-order valence-electron chi connectivity index (χ4n) is 4.05. The summed E-state index contributed by atoms with van der Waals surface area (Å²) in [5, 5.41) is 1.05. The molecule has 4 rings (SSSR count). The van der Waals surface area contributed by atoms with Crippen LogP contribution in [0.5, 0.6) is 0 Å². The Hall–Kier alpha value is -1.61. The van der Waals surface area contributed by atoms with E-state index in [-0.39, 0.29) is 29.9 Å². The van der Waals surface area contributed by atoms with Gasteiger partial charge in [0.15, 0.2) is 0 Å². The smallest absolute Gasteiger partial charge is 0.243 e. The molecule has 0 spiro atoms. The number of sulfonamides is 1. The van der Waals surface area contributed by atoms with E-state index in [4.69, 9.17) is 34.8 Å². The summed E-state index contributed by atoms with van der Waals surface area (Å²) >= 11 is 22.1. The van der Waals surface area contributed by atoms with Gasteiger partial charge in [0.2, 0.25) is 15.9 Å². The SMILES string of the molecule is C[C@H]1Cc2cc(Br)ccc2N1C(=O)CN(Cc1c(Cl)cccc1Cl)S(=O)(=O)c1ccc(Cl)cc1. The molecule has 0 aliphatic carbocycles. The fourth-order valence-corrected chi connectivity index (χ4v) is 6.46. The molecule has 1 amide bonds. The van der Waals surface area contributed by atoms with Gasteiger partial charge in [-0.15, -0.1) is 0 Å². The number of benzene rings is 3. The van der Waals surface area contributed by atoms with Gasteiger partial charge in [-0.25, -0.2) is 8.42 Å². The van der Waals surface area contributed by atoms with Gasteiger partial charge in [-0.05, 0) is 73.5 Å². The third kappa shape index (κ3) is 5.15. The van der Waals surface area contributed by atoms with Gasteiger partial charge in [-0.3, -0.25) is 4.79 Å². The second-order valence-corrected chi connectivity index (χ2v) is 12.1. The van der Waals surface area contributed by atoms with E-state index in [2.05, 4.69) is 15.9 Å². The molecule has 0 aromatic heterocycles. The van der Waals surface area contributed by atoms with Gasteiger partial charge in [0.1, 0.15) is 0 Å². The topological polar surface area (TPSA) is 57.7 Å². The summed E-state index contributed by atoms with van der Waals surface area (Å²) in [7, 11) is -4.07. The van der Waals surface area contributed by atoms with E-state index in [1.54, 1.807) is 23.1 Å². The molecule has 3 aromatic carbocycles. The number of anilines is 1. The van der Waals surface area contributed by atoms with Crippen LogP contribution >= 0.6 is 50.7 Å². The summed E-state index contributed by atoms with van der Waals surface area (Å²) in [4.78, 5) is 15.2. The average molecular weight is 603 g/mol. The van der Waals surface area contributed by atoms with Crippen LogP contribution in [0.3, 0.4) is 0 Å². The van der Waals surface area contributed by atoms with Crippen LogP contribution in [-0.2, 0) is 27.8 Å². The van der Waals surface area contributed by atoms with Gasteiger partial charge in [-0.1, -0.05) is 56.8 Å². The predicted octanol–water partition coefficient (Wildman–Crippen LogP) is 6.58. The Morgan fingerprint density at radius 3 is 2.35 bits per heavy atom. The van der Waals surface area contributed by atoms with Crippen LogP contribution in [0.1, 0.15) is 18.1 Å². The predicted molar refractivity (Wildman–Crippen MR) is 140 cm³/mol. The molecule has 0 N–H and O–H groups in total. The van der Waals surface area contributed by atoms with Crippen LogP contribution in [0.25, 0.3) is 0 Å². The average Bonchev–Trinajstić information content (AvgIpc) is 3.10. The Morgan fingerprint density at radius 1 is 1.06 bits per heavy atom. The van der Waals surface area contributed by atoms with Gasteiger partial charge in [-0.2, -0.15) is 4.31 Å². The number of fused-ring (bicyclic) bond motifs is 1. The lowest BCUT2D eigenvalue weighted by Crippen LogP contribution is -2.44. The quantitative estimate of drug-likeness (QED) is 0.320. The van der Waals surface area contributed by atoms with Crippen LogP contribution in [0, 0.1) is 0 Å². The standard InChI is InChI=1S/C24H20BrCl3N2O3S/c1-15-11-16-12-17(25)5-10-23(16)30(15)24(31)14-29(13-20-21(27)3-2-4-22(20)28)34(32,33)19-8-6-18(26)7-9-19/h2-10,12,15H,11,13-14H2,1H3/t15-/m0/s1. The Kier molecular flexibility index (Phi) is 7.62. The lowest BCUT2D eigenvalue weighted by Gasteiger charge is -2.28. The molecule has 0 unspecified atom stereocenters. The molecule has 0 saturated carbocycles. The molecule has 0 bridgehead atoms. The molecule has 1 atom stereocenters. The minimum Gasteiger partial charge on any atom is -0.308 e. The van der Waals surface area contributed by atoms with E-state index in [0.29, 0.717) is 27.1 Å². The molecule has 0 fully saturated rings. The molecule has 178 valence electrons. The Morgan fingerprint density at radius 2 is 1.71 bits per heavy atom. The van der Waals surface area contributed by atoms with Gasteiger partial charge >= 0.3 is 0 Å². The first-order valence-electron chi connectivity index (χ1n) is 10.4. The highest BCUT2D eigenvalue weighted by Gasteiger charge is 2.35. The molecule has 1 heterocycles. The zero-order chi connectivity index (χ0) is 24.6. The number of amides is 1. The molecule has 0 saturated heterocycles. The molecule has 3 aromatic rings. The van der Waals surface area contributed by atoms with E-state index in [0.717, 1.165) is 20.0 Å². The third-order valence-corrected chi connectivity index (χ3v) is 8.94. The van der Waals surface area contributed by atoms with Crippen LogP contribution in [0.2, 0.25) is 15.1 Å². The highest BCUT2D eigenvalue weighted by Crippen LogP contribution is 2.35. The van der Waals surface area contributed by atoms with Crippen LogP contribution in [0.15, 0.2) is 70.0 Å². The van der Waals surface area contributed by atoms with Crippen molar-refractivity contribution in [3.63, 3.8) is 0 Å². The number of hydrogen-bond donors (Lipinski definition) is 0. The van der Waals surface area contributed by atoms with Gasteiger partial charge in [0, 0.05) is 43.4 Å². The molecule has 1 aliphatic heterocycles.